The minimum atomic E-state index is 0.482. The fourth-order valence-electron chi connectivity index (χ4n) is 2.78. The van der Waals surface area contributed by atoms with Gasteiger partial charge in [-0.2, -0.15) is 0 Å². The van der Waals surface area contributed by atoms with Gasteiger partial charge in [-0.3, -0.25) is 0 Å². The Labute approximate surface area is 137 Å². The standard InChI is InChI=1S/C16H20BrNS2/c1-2-8-18-13(10-12-6-7-16(17)19-12)15-9-11-4-3-5-14(11)20-15/h6-7,9,13,18H,2-5,8,10H2,1H3. The molecule has 0 saturated heterocycles. The number of rotatable bonds is 6. The molecular weight excluding hydrogens is 350 g/mol. The molecule has 0 aromatic carbocycles. The van der Waals surface area contributed by atoms with Gasteiger partial charge in [0.25, 0.3) is 0 Å². The van der Waals surface area contributed by atoms with E-state index >= 15 is 0 Å². The average molecular weight is 370 g/mol. The smallest absolute Gasteiger partial charge is 0.0701 e. The van der Waals surface area contributed by atoms with Crippen LogP contribution in [0.3, 0.4) is 0 Å². The first-order valence-electron chi connectivity index (χ1n) is 7.35. The van der Waals surface area contributed by atoms with Crippen LogP contribution in [-0.2, 0) is 19.3 Å². The van der Waals surface area contributed by atoms with Gasteiger partial charge in [0.2, 0.25) is 0 Å². The quantitative estimate of drug-likeness (QED) is 0.723. The fraction of sp³-hybridized carbons (Fsp3) is 0.500. The zero-order valence-electron chi connectivity index (χ0n) is 11.7. The molecule has 1 aliphatic carbocycles. The fourth-order valence-corrected chi connectivity index (χ4v) is 5.64. The van der Waals surface area contributed by atoms with Crippen LogP contribution in [-0.4, -0.2) is 6.54 Å². The van der Waals surface area contributed by atoms with Gasteiger partial charge in [-0.05, 0) is 71.9 Å². The summed E-state index contributed by atoms with van der Waals surface area (Å²) in [5.74, 6) is 0. The van der Waals surface area contributed by atoms with E-state index in [0.717, 1.165) is 13.0 Å². The molecule has 0 spiro atoms. The van der Waals surface area contributed by atoms with Crippen LogP contribution in [0.4, 0.5) is 0 Å². The van der Waals surface area contributed by atoms with Gasteiger partial charge in [0.05, 0.1) is 3.79 Å². The lowest BCUT2D eigenvalue weighted by Crippen LogP contribution is -2.23. The number of fused-ring (bicyclic) bond motifs is 1. The third-order valence-electron chi connectivity index (χ3n) is 3.78. The number of aryl methyl sites for hydroxylation is 2. The lowest BCUT2D eigenvalue weighted by molar-refractivity contribution is 0.539. The molecule has 0 saturated carbocycles. The second kappa shape index (κ2) is 6.73. The summed E-state index contributed by atoms with van der Waals surface area (Å²) in [5, 5.41) is 3.73. The van der Waals surface area contributed by atoms with Gasteiger partial charge in [-0.1, -0.05) is 6.92 Å². The van der Waals surface area contributed by atoms with Crippen molar-refractivity contribution in [2.24, 2.45) is 0 Å². The number of halogens is 1. The monoisotopic (exact) mass is 369 g/mol. The molecule has 1 atom stereocenters. The molecule has 0 aliphatic heterocycles. The minimum Gasteiger partial charge on any atom is -0.309 e. The zero-order valence-corrected chi connectivity index (χ0v) is 15.0. The second-order valence-electron chi connectivity index (χ2n) is 5.37. The SMILES string of the molecule is CCCNC(Cc1ccc(Br)s1)c1cc2c(s1)CCC2. The summed E-state index contributed by atoms with van der Waals surface area (Å²) in [6, 6.07) is 7.35. The Kier molecular flexibility index (Phi) is 4.97. The van der Waals surface area contributed by atoms with Crippen molar-refractivity contribution in [2.45, 2.75) is 45.1 Å². The topological polar surface area (TPSA) is 12.0 Å². The summed E-state index contributed by atoms with van der Waals surface area (Å²) in [6.07, 6.45) is 6.24. The second-order valence-corrected chi connectivity index (χ2v) is 9.08. The first kappa shape index (κ1) is 14.8. The Balaban J connectivity index is 1.77. The Hall–Kier alpha value is -0.160. The minimum absolute atomic E-state index is 0.482. The van der Waals surface area contributed by atoms with Gasteiger partial charge in [0.1, 0.15) is 0 Å². The van der Waals surface area contributed by atoms with Gasteiger partial charge in [-0.25, -0.2) is 0 Å². The third kappa shape index (κ3) is 3.35. The van der Waals surface area contributed by atoms with Crippen molar-refractivity contribution in [3.63, 3.8) is 0 Å². The Morgan fingerprint density at radius 3 is 2.90 bits per heavy atom. The van der Waals surface area contributed by atoms with Gasteiger partial charge < -0.3 is 5.32 Å². The molecule has 108 valence electrons. The molecule has 4 heteroatoms. The van der Waals surface area contributed by atoms with Crippen molar-refractivity contribution in [2.75, 3.05) is 6.54 Å². The molecule has 20 heavy (non-hydrogen) atoms. The van der Waals surface area contributed by atoms with E-state index < -0.39 is 0 Å². The molecule has 1 nitrogen and oxygen atoms in total. The molecule has 0 fully saturated rings. The number of thiophene rings is 2. The lowest BCUT2D eigenvalue weighted by Gasteiger charge is -2.16. The molecule has 0 amide bonds. The van der Waals surface area contributed by atoms with E-state index in [1.807, 2.05) is 22.7 Å². The highest BCUT2D eigenvalue weighted by Gasteiger charge is 2.20. The molecule has 1 aliphatic rings. The molecule has 3 rings (SSSR count). The maximum Gasteiger partial charge on any atom is 0.0701 e. The van der Waals surface area contributed by atoms with E-state index in [9.17, 15) is 0 Å². The highest BCUT2D eigenvalue weighted by Crippen LogP contribution is 2.36. The number of hydrogen-bond acceptors (Lipinski definition) is 3. The van der Waals surface area contributed by atoms with Crippen molar-refractivity contribution in [1.82, 2.24) is 5.32 Å². The summed E-state index contributed by atoms with van der Waals surface area (Å²) in [6.45, 7) is 3.33. The van der Waals surface area contributed by atoms with E-state index in [1.54, 1.807) is 10.4 Å². The molecule has 1 N–H and O–H groups in total. The van der Waals surface area contributed by atoms with Crippen molar-refractivity contribution >= 4 is 38.6 Å². The normalized spacial score (nSPS) is 15.5. The lowest BCUT2D eigenvalue weighted by atomic mass is 10.1. The maximum atomic E-state index is 3.73. The van der Waals surface area contributed by atoms with E-state index in [2.05, 4.69) is 46.4 Å². The highest BCUT2D eigenvalue weighted by atomic mass is 79.9. The predicted octanol–water partition coefficient (Wildman–Crippen LogP) is 5.34. The van der Waals surface area contributed by atoms with E-state index in [4.69, 9.17) is 0 Å². The highest BCUT2D eigenvalue weighted by molar-refractivity contribution is 9.11. The molecule has 2 heterocycles. The van der Waals surface area contributed by atoms with Crippen LogP contribution in [0.2, 0.25) is 0 Å². The van der Waals surface area contributed by atoms with Crippen LogP contribution in [0.25, 0.3) is 0 Å². The first-order chi connectivity index (χ1) is 9.76. The first-order valence-corrected chi connectivity index (χ1v) is 9.78. The van der Waals surface area contributed by atoms with Crippen molar-refractivity contribution < 1.29 is 0 Å². The summed E-state index contributed by atoms with van der Waals surface area (Å²) in [4.78, 5) is 4.63. The van der Waals surface area contributed by atoms with Crippen molar-refractivity contribution in [3.05, 3.63) is 42.2 Å². The van der Waals surface area contributed by atoms with Gasteiger partial charge in [-0.15, -0.1) is 22.7 Å². The van der Waals surface area contributed by atoms with E-state index in [-0.39, 0.29) is 0 Å². The van der Waals surface area contributed by atoms with Crippen LogP contribution in [0.5, 0.6) is 0 Å². The van der Waals surface area contributed by atoms with Crippen LogP contribution < -0.4 is 5.32 Å². The summed E-state index contributed by atoms with van der Waals surface area (Å²) in [5.41, 5.74) is 1.61. The van der Waals surface area contributed by atoms with Crippen LogP contribution in [0, 0.1) is 0 Å². The number of hydrogen-bond donors (Lipinski definition) is 1. The molecule has 2 aromatic rings. The van der Waals surface area contributed by atoms with Crippen molar-refractivity contribution in [1.29, 1.82) is 0 Å². The van der Waals surface area contributed by atoms with E-state index in [0.29, 0.717) is 6.04 Å². The van der Waals surface area contributed by atoms with Gasteiger partial charge in [0, 0.05) is 27.1 Å². The maximum absolute atomic E-state index is 3.73. The van der Waals surface area contributed by atoms with E-state index in [1.165, 1.54) is 39.2 Å². The zero-order chi connectivity index (χ0) is 13.9. The molecule has 1 unspecified atom stereocenters. The summed E-state index contributed by atoms with van der Waals surface area (Å²) in [7, 11) is 0. The molecule has 0 bridgehead atoms. The predicted molar refractivity (Wildman–Crippen MR) is 93.1 cm³/mol. The summed E-state index contributed by atoms with van der Waals surface area (Å²) < 4.78 is 1.23. The van der Waals surface area contributed by atoms with Gasteiger partial charge in [0.15, 0.2) is 0 Å². The molecule has 2 aromatic heterocycles. The largest absolute Gasteiger partial charge is 0.309 e. The van der Waals surface area contributed by atoms with Gasteiger partial charge >= 0.3 is 0 Å². The number of nitrogens with one attached hydrogen (secondary N) is 1. The van der Waals surface area contributed by atoms with Crippen LogP contribution >= 0.6 is 38.6 Å². The Morgan fingerprint density at radius 2 is 2.20 bits per heavy atom. The third-order valence-corrected chi connectivity index (χ3v) is 6.78. The molecule has 0 radical (unpaired) electrons. The van der Waals surface area contributed by atoms with Crippen molar-refractivity contribution in [3.8, 4) is 0 Å². The van der Waals surface area contributed by atoms with Crippen LogP contribution in [0.1, 0.15) is 46.0 Å². The van der Waals surface area contributed by atoms with Crippen LogP contribution in [0.15, 0.2) is 22.0 Å². The Morgan fingerprint density at radius 1 is 1.30 bits per heavy atom. The molecular formula is C16H20BrNS2. The Bertz CT molecular complexity index is 551. The summed E-state index contributed by atoms with van der Waals surface area (Å²) >= 11 is 7.46. The average Bonchev–Trinajstić information content (AvgIpc) is 3.09.